The number of nitrogens with zero attached hydrogens (tertiary/aromatic N) is 2. The fraction of sp³-hybridized carbons (Fsp3) is 0.286. The SMILES string of the molecule is CCN(CC)S(=O)(=O)c1ccc(CCC(=O)ON2C(=O)c3ccccc3C2=O)cc1. The minimum absolute atomic E-state index is 0.0739. The van der Waals surface area contributed by atoms with Gasteiger partial charge in [-0.2, -0.15) is 4.31 Å². The second-order valence-corrected chi connectivity index (χ2v) is 8.58. The van der Waals surface area contributed by atoms with E-state index in [-0.39, 0.29) is 28.9 Å². The van der Waals surface area contributed by atoms with Gasteiger partial charge < -0.3 is 4.84 Å². The highest BCUT2D eigenvalue weighted by Crippen LogP contribution is 2.23. The Kier molecular flexibility index (Phi) is 6.33. The molecule has 8 nitrogen and oxygen atoms in total. The van der Waals surface area contributed by atoms with Crippen molar-refractivity contribution in [1.29, 1.82) is 0 Å². The van der Waals surface area contributed by atoms with Crippen molar-refractivity contribution in [3.63, 3.8) is 0 Å². The van der Waals surface area contributed by atoms with Crippen LogP contribution in [-0.4, -0.2) is 48.7 Å². The first-order valence-corrected chi connectivity index (χ1v) is 11.0. The van der Waals surface area contributed by atoms with Crippen molar-refractivity contribution in [2.24, 2.45) is 0 Å². The van der Waals surface area contributed by atoms with Gasteiger partial charge in [-0.3, -0.25) is 9.59 Å². The van der Waals surface area contributed by atoms with Gasteiger partial charge in [0.2, 0.25) is 10.0 Å². The monoisotopic (exact) mass is 430 g/mol. The van der Waals surface area contributed by atoms with Gasteiger partial charge in [-0.05, 0) is 36.2 Å². The zero-order chi connectivity index (χ0) is 21.9. The Hall–Kier alpha value is -3.04. The van der Waals surface area contributed by atoms with E-state index in [1.54, 1.807) is 38.1 Å². The number of carbonyl (C=O) groups excluding carboxylic acids is 3. The van der Waals surface area contributed by atoms with E-state index in [2.05, 4.69) is 0 Å². The van der Waals surface area contributed by atoms with Crippen LogP contribution in [0.5, 0.6) is 0 Å². The van der Waals surface area contributed by atoms with Gasteiger partial charge in [-0.25, -0.2) is 13.2 Å². The summed E-state index contributed by atoms with van der Waals surface area (Å²) >= 11 is 0. The molecule has 0 bridgehead atoms. The normalized spacial score (nSPS) is 13.6. The van der Waals surface area contributed by atoms with E-state index >= 15 is 0 Å². The highest BCUT2D eigenvalue weighted by molar-refractivity contribution is 7.89. The van der Waals surface area contributed by atoms with Gasteiger partial charge in [-0.1, -0.05) is 43.2 Å². The highest BCUT2D eigenvalue weighted by atomic mass is 32.2. The van der Waals surface area contributed by atoms with Crippen LogP contribution in [0.1, 0.15) is 46.5 Å². The predicted octanol–water partition coefficient (Wildman–Crippen LogP) is 2.40. The summed E-state index contributed by atoms with van der Waals surface area (Å²) in [5.41, 5.74) is 1.12. The zero-order valence-electron chi connectivity index (χ0n) is 16.7. The molecule has 9 heteroatoms. The van der Waals surface area contributed by atoms with Gasteiger partial charge in [0, 0.05) is 13.1 Å². The molecule has 2 aromatic carbocycles. The standard InChI is InChI=1S/C21H22N2O6S/c1-3-22(4-2)30(27,28)16-12-9-15(10-13-16)11-14-19(24)29-23-20(25)17-7-5-6-8-18(17)21(23)26/h5-10,12-13H,3-4,11,14H2,1-2H3. The zero-order valence-corrected chi connectivity index (χ0v) is 17.5. The van der Waals surface area contributed by atoms with E-state index < -0.39 is 27.8 Å². The number of imide groups is 1. The van der Waals surface area contributed by atoms with E-state index in [0.717, 1.165) is 5.56 Å². The Morgan fingerprint density at radius 2 is 1.47 bits per heavy atom. The molecule has 0 aromatic heterocycles. The average Bonchev–Trinajstić information content (AvgIpc) is 2.98. The van der Waals surface area contributed by atoms with Crippen molar-refractivity contribution in [2.45, 2.75) is 31.6 Å². The topological polar surface area (TPSA) is 101 Å². The molecule has 0 saturated heterocycles. The first kappa shape index (κ1) is 21.7. The lowest BCUT2D eigenvalue weighted by Gasteiger charge is -2.18. The second kappa shape index (κ2) is 8.76. The predicted molar refractivity (Wildman–Crippen MR) is 108 cm³/mol. The number of hydrogen-bond donors (Lipinski definition) is 0. The van der Waals surface area contributed by atoms with Crippen LogP contribution >= 0.6 is 0 Å². The lowest BCUT2D eigenvalue weighted by atomic mass is 10.1. The van der Waals surface area contributed by atoms with Gasteiger partial charge in [0.25, 0.3) is 11.8 Å². The summed E-state index contributed by atoms with van der Waals surface area (Å²) in [4.78, 5) is 41.7. The summed E-state index contributed by atoms with van der Waals surface area (Å²) in [5.74, 6) is -2.07. The molecule has 0 fully saturated rings. The summed E-state index contributed by atoms with van der Waals surface area (Å²) in [6, 6.07) is 12.5. The Balaban J connectivity index is 1.60. The molecule has 0 spiro atoms. The summed E-state index contributed by atoms with van der Waals surface area (Å²) in [6.45, 7) is 4.30. The summed E-state index contributed by atoms with van der Waals surface area (Å²) < 4.78 is 26.4. The van der Waals surface area contributed by atoms with Crippen LogP contribution in [-0.2, 0) is 26.1 Å². The van der Waals surface area contributed by atoms with E-state index in [1.165, 1.54) is 28.6 Å². The van der Waals surface area contributed by atoms with Crippen molar-refractivity contribution in [3.8, 4) is 0 Å². The van der Waals surface area contributed by atoms with Crippen molar-refractivity contribution in [1.82, 2.24) is 9.37 Å². The molecule has 1 heterocycles. The average molecular weight is 430 g/mol. The van der Waals surface area contributed by atoms with Crippen LogP contribution < -0.4 is 0 Å². The Bertz CT molecular complexity index is 1040. The fourth-order valence-electron chi connectivity index (χ4n) is 3.18. The van der Waals surface area contributed by atoms with Crippen molar-refractivity contribution < 1.29 is 27.6 Å². The molecular formula is C21H22N2O6S. The molecule has 2 amide bonds. The third-order valence-corrected chi connectivity index (χ3v) is 6.90. The molecule has 0 unspecified atom stereocenters. The number of fused-ring (bicyclic) bond motifs is 1. The quantitative estimate of drug-likeness (QED) is 0.596. The van der Waals surface area contributed by atoms with Crippen LogP contribution in [0, 0.1) is 0 Å². The molecule has 0 saturated carbocycles. The number of sulfonamides is 1. The lowest BCUT2D eigenvalue weighted by Crippen LogP contribution is -2.32. The van der Waals surface area contributed by atoms with Gasteiger partial charge in [0.15, 0.2) is 0 Å². The van der Waals surface area contributed by atoms with Gasteiger partial charge in [0.05, 0.1) is 22.4 Å². The van der Waals surface area contributed by atoms with Gasteiger partial charge >= 0.3 is 5.97 Å². The first-order valence-electron chi connectivity index (χ1n) is 9.57. The molecule has 0 atom stereocenters. The largest absolute Gasteiger partial charge is 0.333 e. The first-order chi connectivity index (χ1) is 14.3. The third-order valence-electron chi connectivity index (χ3n) is 4.83. The van der Waals surface area contributed by atoms with Crippen molar-refractivity contribution in [2.75, 3.05) is 13.1 Å². The highest BCUT2D eigenvalue weighted by Gasteiger charge is 2.38. The molecule has 0 N–H and O–H groups in total. The van der Waals surface area contributed by atoms with Crippen molar-refractivity contribution >= 4 is 27.8 Å². The van der Waals surface area contributed by atoms with Crippen LogP contribution in [0.15, 0.2) is 53.4 Å². The third kappa shape index (κ3) is 4.12. The molecule has 158 valence electrons. The van der Waals surface area contributed by atoms with E-state index in [0.29, 0.717) is 18.2 Å². The molecule has 30 heavy (non-hydrogen) atoms. The maximum absolute atomic E-state index is 12.5. The van der Waals surface area contributed by atoms with E-state index in [1.807, 2.05) is 0 Å². The van der Waals surface area contributed by atoms with Crippen molar-refractivity contribution in [3.05, 3.63) is 65.2 Å². The number of rotatable bonds is 8. The smallest absolute Gasteiger partial charge is 0.330 e. The number of amides is 2. The Labute approximate surface area is 175 Å². The fourth-order valence-corrected chi connectivity index (χ4v) is 4.64. The summed E-state index contributed by atoms with van der Waals surface area (Å²) in [6.07, 6.45) is 0.198. The van der Waals surface area contributed by atoms with E-state index in [4.69, 9.17) is 4.84 Å². The molecule has 1 aliphatic rings. The number of carbonyl (C=O) groups is 3. The van der Waals surface area contributed by atoms with Gasteiger partial charge in [0.1, 0.15) is 0 Å². The number of aryl methyl sites for hydroxylation is 1. The lowest BCUT2D eigenvalue weighted by molar-refractivity contribution is -0.168. The molecule has 1 aliphatic heterocycles. The Morgan fingerprint density at radius 3 is 1.97 bits per heavy atom. The Morgan fingerprint density at radius 1 is 0.933 bits per heavy atom. The van der Waals surface area contributed by atoms with Crippen LogP contribution in [0.4, 0.5) is 0 Å². The van der Waals surface area contributed by atoms with Crippen LogP contribution in [0.2, 0.25) is 0 Å². The molecule has 0 radical (unpaired) electrons. The molecular weight excluding hydrogens is 408 g/mol. The molecule has 2 aromatic rings. The molecule has 0 aliphatic carbocycles. The van der Waals surface area contributed by atoms with Crippen LogP contribution in [0.3, 0.4) is 0 Å². The van der Waals surface area contributed by atoms with Gasteiger partial charge in [-0.15, -0.1) is 0 Å². The number of hydrogen-bond acceptors (Lipinski definition) is 6. The van der Waals surface area contributed by atoms with Crippen LogP contribution in [0.25, 0.3) is 0 Å². The van der Waals surface area contributed by atoms with E-state index in [9.17, 15) is 22.8 Å². The number of hydroxylamine groups is 2. The summed E-state index contributed by atoms with van der Waals surface area (Å²) in [7, 11) is -3.54. The molecule has 3 rings (SSSR count). The minimum atomic E-state index is -3.54. The minimum Gasteiger partial charge on any atom is -0.330 e. The summed E-state index contributed by atoms with van der Waals surface area (Å²) in [5, 5.41) is 0.479. The number of benzene rings is 2. The second-order valence-electron chi connectivity index (χ2n) is 6.65. The maximum atomic E-state index is 12.5. The maximum Gasteiger partial charge on any atom is 0.333 e.